The Kier molecular flexibility index (Phi) is 10.7. The van der Waals surface area contributed by atoms with Gasteiger partial charge in [-0.25, -0.2) is 0 Å². The van der Waals surface area contributed by atoms with Crippen molar-refractivity contribution in [1.29, 1.82) is 0 Å². The van der Waals surface area contributed by atoms with E-state index < -0.39 is 17.7 Å². The van der Waals surface area contributed by atoms with Crippen molar-refractivity contribution in [2.45, 2.75) is 62.7 Å². The Morgan fingerprint density at radius 1 is 1.04 bits per heavy atom. The number of ether oxygens (including phenoxy) is 2. The molecule has 0 saturated heterocycles. The van der Waals surface area contributed by atoms with Gasteiger partial charge in [-0.3, -0.25) is 4.79 Å². The quantitative estimate of drug-likeness (QED) is 0.101. The molecule has 1 fully saturated rings. The molecule has 0 aromatic heterocycles. The minimum absolute atomic E-state index is 0.0965. The molecule has 0 bridgehead atoms. The van der Waals surface area contributed by atoms with Gasteiger partial charge in [-0.05, 0) is 84.2 Å². The van der Waals surface area contributed by atoms with Gasteiger partial charge in [-0.2, -0.15) is 0 Å². The topological polar surface area (TPSA) is 121 Å². The molecule has 6 unspecified atom stereocenters. The van der Waals surface area contributed by atoms with Crippen molar-refractivity contribution in [3.63, 3.8) is 0 Å². The summed E-state index contributed by atoms with van der Waals surface area (Å²) in [5.74, 6) is -1.10. The number of carbonyl (C=O) groups excluding carboxylic acids is 1. The van der Waals surface area contributed by atoms with Gasteiger partial charge in [0.1, 0.15) is 24.7 Å². The average molecular weight is 669 g/mol. The Balaban J connectivity index is 1.53. The Hall–Kier alpha value is -4.18. The lowest BCUT2D eigenvalue weighted by molar-refractivity contribution is -0.252. The van der Waals surface area contributed by atoms with Gasteiger partial charge in [-0.15, -0.1) is 6.58 Å². The molecule has 1 amide bonds. The van der Waals surface area contributed by atoms with E-state index in [1.807, 2.05) is 42.5 Å². The molecular weight excluding hydrogens is 620 g/mol. The van der Waals surface area contributed by atoms with Gasteiger partial charge in [-0.1, -0.05) is 60.5 Å². The molecular formula is C40H48N2O7. The first kappa shape index (κ1) is 34.7. The van der Waals surface area contributed by atoms with E-state index in [1.165, 1.54) is 7.11 Å². The summed E-state index contributed by atoms with van der Waals surface area (Å²) in [4.78, 5) is 21.6. The van der Waals surface area contributed by atoms with Crippen molar-refractivity contribution in [2.24, 2.45) is 22.9 Å². The molecule has 0 radical (unpaired) electrons. The number of oxime groups is 1. The van der Waals surface area contributed by atoms with Crippen LogP contribution in [0.3, 0.4) is 0 Å². The van der Waals surface area contributed by atoms with Crippen LogP contribution in [0.4, 0.5) is 0 Å². The van der Waals surface area contributed by atoms with E-state index in [0.717, 1.165) is 53.3 Å². The number of aliphatic hydroxyl groups is 2. The lowest BCUT2D eigenvalue weighted by Gasteiger charge is -2.59. The molecule has 6 rings (SSSR count). The zero-order chi connectivity index (χ0) is 34.5. The number of benzene rings is 3. The summed E-state index contributed by atoms with van der Waals surface area (Å²) in [7, 11) is 3.33. The zero-order valence-electron chi connectivity index (χ0n) is 28.5. The summed E-state index contributed by atoms with van der Waals surface area (Å²) in [6.45, 7) is 4.38. The van der Waals surface area contributed by atoms with E-state index in [2.05, 4.69) is 17.8 Å². The SMILES string of the molecule is C=CCOC12Oc3ccc(O)cc3C3C(CCCCO)C(CCCCO)C=C(C(=NOC)CC1N(C)C(=O)c1ccc4ccccc4c1)C32. The van der Waals surface area contributed by atoms with Gasteiger partial charge in [0.15, 0.2) is 0 Å². The highest BCUT2D eigenvalue weighted by atomic mass is 16.7. The van der Waals surface area contributed by atoms with Gasteiger partial charge < -0.3 is 34.5 Å². The maximum atomic E-state index is 14.4. The first-order valence-electron chi connectivity index (χ1n) is 17.4. The Labute approximate surface area is 288 Å². The van der Waals surface area contributed by atoms with E-state index in [1.54, 1.807) is 36.2 Å². The molecule has 1 heterocycles. The highest BCUT2D eigenvalue weighted by Crippen LogP contribution is 2.61. The van der Waals surface area contributed by atoms with Crippen molar-refractivity contribution in [3.8, 4) is 11.5 Å². The van der Waals surface area contributed by atoms with E-state index in [-0.39, 0.29) is 49.2 Å². The second-order valence-corrected chi connectivity index (χ2v) is 13.5. The fourth-order valence-corrected chi connectivity index (χ4v) is 8.51. The molecule has 3 aliphatic rings. The van der Waals surface area contributed by atoms with E-state index in [4.69, 9.17) is 14.3 Å². The number of hydrogen-bond donors (Lipinski definition) is 3. The summed E-state index contributed by atoms with van der Waals surface area (Å²) in [5, 5.41) is 36.8. The van der Waals surface area contributed by atoms with Gasteiger partial charge in [0.05, 0.1) is 18.2 Å². The van der Waals surface area contributed by atoms with E-state index >= 15 is 0 Å². The van der Waals surface area contributed by atoms with Crippen LogP contribution in [-0.2, 0) is 9.57 Å². The second-order valence-electron chi connectivity index (χ2n) is 13.5. The predicted molar refractivity (Wildman–Crippen MR) is 190 cm³/mol. The number of likely N-dealkylation sites (N-methyl/N-ethyl adjacent to an activating group) is 1. The maximum Gasteiger partial charge on any atom is 0.254 e. The van der Waals surface area contributed by atoms with Crippen molar-refractivity contribution in [3.05, 3.63) is 96.1 Å². The number of phenols is 1. The molecule has 9 heteroatoms. The molecule has 3 aromatic carbocycles. The zero-order valence-corrected chi connectivity index (χ0v) is 28.5. The normalized spacial score (nSPS) is 26.3. The molecule has 260 valence electrons. The van der Waals surface area contributed by atoms with Gasteiger partial charge in [0.25, 0.3) is 5.91 Å². The van der Waals surface area contributed by atoms with Crippen LogP contribution in [0.5, 0.6) is 11.5 Å². The third-order valence-electron chi connectivity index (χ3n) is 10.6. The van der Waals surface area contributed by atoms with Crippen LogP contribution in [0.1, 0.15) is 66.8 Å². The van der Waals surface area contributed by atoms with Crippen LogP contribution >= 0.6 is 0 Å². The number of aromatic hydroxyl groups is 1. The monoisotopic (exact) mass is 668 g/mol. The lowest BCUT2D eigenvalue weighted by Crippen LogP contribution is -2.69. The number of allylic oxidation sites excluding steroid dienone is 1. The molecule has 1 saturated carbocycles. The number of rotatable bonds is 14. The number of hydrogen-bond acceptors (Lipinski definition) is 8. The first-order chi connectivity index (χ1) is 23.9. The highest BCUT2D eigenvalue weighted by molar-refractivity contribution is 6.04. The third kappa shape index (κ3) is 6.59. The Bertz CT molecular complexity index is 1720. The van der Waals surface area contributed by atoms with Crippen LogP contribution < -0.4 is 4.74 Å². The number of aliphatic hydroxyl groups excluding tert-OH is 2. The number of fused-ring (bicyclic) bond motifs is 3. The summed E-state index contributed by atoms with van der Waals surface area (Å²) < 4.78 is 13.9. The first-order valence-corrected chi connectivity index (χ1v) is 17.4. The van der Waals surface area contributed by atoms with Crippen LogP contribution in [-0.4, -0.2) is 77.6 Å². The average Bonchev–Trinajstić information content (AvgIpc) is 3.12. The molecule has 0 spiro atoms. The molecule has 2 aliphatic carbocycles. The second kappa shape index (κ2) is 15.2. The molecule has 1 aliphatic heterocycles. The molecule has 49 heavy (non-hydrogen) atoms. The number of nitrogens with zero attached hydrogens (tertiary/aromatic N) is 2. The number of phenolic OH excluding ortho intramolecular Hbond substituents is 1. The van der Waals surface area contributed by atoms with Gasteiger partial charge in [0.2, 0.25) is 5.79 Å². The fraction of sp³-hybridized carbons (Fsp3) is 0.450. The number of unbranched alkanes of at least 4 members (excludes halogenated alkanes) is 2. The minimum Gasteiger partial charge on any atom is -0.508 e. The predicted octanol–water partition coefficient (Wildman–Crippen LogP) is 6.58. The summed E-state index contributed by atoms with van der Waals surface area (Å²) in [5.41, 5.74) is 3.13. The molecule has 3 N–H and O–H groups in total. The van der Waals surface area contributed by atoms with Crippen molar-refractivity contribution < 1.29 is 34.4 Å². The van der Waals surface area contributed by atoms with Crippen LogP contribution in [0.25, 0.3) is 10.8 Å². The summed E-state index contributed by atoms with van der Waals surface area (Å²) >= 11 is 0. The minimum atomic E-state index is -1.33. The Morgan fingerprint density at radius 2 is 1.80 bits per heavy atom. The Morgan fingerprint density at radius 3 is 2.53 bits per heavy atom. The van der Waals surface area contributed by atoms with Crippen molar-refractivity contribution >= 4 is 22.4 Å². The lowest BCUT2D eigenvalue weighted by atomic mass is 9.55. The maximum absolute atomic E-state index is 14.4. The molecule has 3 aromatic rings. The highest BCUT2D eigenvalue weighted by Gasteiger charge is 2.65. The van der Waals surface area contributed by atoms with Gasteiger partial charge >= 0.3 is 0 Å². The fourth-order valence-electron chi connectivity index (χ4n) is 8.51. The van der Waals surface area contributed by atoms with Crippen LogP contribution in [0, 0.1) is 17.8 Å². The molecule has 9 nitrogen and oxygen atoms in total. The number of amides is 1. The largest absolute Gasteiger partial charge is 0.508 e. The van der Waals surface area contributed by atoms with E-state index in [0.29, 0.717) is 30.6 Å². The van der Waals surface area contributed by atoms with Crippen molar-refractivity contribution in [2.75, 3.05) is 34.0 Å². The summed E-state index contributed by atoms with van der Waals surface area (Å²) in [6, 6.07) is 18.3. The van der Waals surface area contributed by atoms with Crippen LogP contribution in [0.15, 0.2) is 90.1 Å². The molecule has 6 atom stereocenters. The number of carbonyl (C=O) groups is 1. The standard InChI is InChI=1S/C40H48N2O7/c1-4-21-48-40-36(42(2)39(46)29-16-15-26-11-5-6-12-27(26)22-29)25-34(41-47-3)32-23-28(13-7-9-19-43)31(14-8-10-20-44)37(38(32)40)33-24-30(45)17-18-35(33)49-40/h4-6,11-12,15-18,22-24,28,31,36-38,43-45H,1,7-10,13-14,19-21,25H2,2-3H3. The van der Waals surface area contributed by atoms with Gasteiger partial charge in [0, 0.05) is 43.7 Å². The van der Waals surface area contributed by atoms with Crippen molar-refractivity contribution in [1.82, 2.24) is 4.90 Å². The smallest absolute Gasteiger partial charge is 0.254 e. The third-order valence-corrected chi connectivity index (χ3v) is 10.6. The van der Waals surface area contributed by atoms with Crippen LogP contribution in [0.2, 0.25) is 0 Å². The van der Waals surface area contributed by atoms with E-state index in [9.17, 15) is 20.1 Å². The summed E-state index contributed by atoms with van der Waals surface area (Å²) in [6.07, 6.45) is 9.05.